The Bertz CT molecular complexity index is 733. The number of hydrogen-bond acceptors (Lipinski definition) is 3. The first-order valence-electron chi connectivity index (χ1n) is 6.57. The second-order valence-electron chi connectivity index (χ2n) is 4.75. The molecule has 0 saturated carbocycles. The van der Waals surface area contributed by atoms with Crippen molar-refractivity contribution in [3.05, 3.63) is 53.9 Å². The summed E-state index contributed by atoms with van der Waals surface area (Å²) in [6, 6.07) is 10.1. The molecular formula is C16H17N3O. The molecule has 4 nitrogen and oxygen atoms in total. The van der Waals surface area contributed by atoms with E-state index in [1.165, 1.54) is 5.56 Å². The summed E-state index contributed by atoms with van der Waals surface area (Å²) in [4.78, 5) is 7.48. The van der Waals surface area contributed by atoms with Crippen LogP contribution in [-0.2, 0) is 6.54 Å². The Morgan fingerprint density at radius 1 is 1.30 bits per heavy atom. The Balaban J connectivity index is 1.78. The number of nitrogens with zero attached hydrogens (tertiary/aromatic N) is 1. The van der Waals surface area contributed by atoms with Gasteiger partial charge in [0.15, 0.2) is 0 Å². The van der Waals surface area contributed by atoms with Crippen molar-refractivity contribution in [2.75, 3.05) is 12.4 Å². The maximum Gasteiger partial charge on any atom is 0.137 e. The van der Waals surface area contributed by atoms with E-state index in [0.717, 1.165) is 34.6 Å². The van der Waals surface area contributed by atoms with Crippen molar-refractivity contribution in [2.24, 2.45) is 0 Å². The molecular weight excluding hydrogens is 250 g/mol. The molecule has 0 aliphatic heterocycles. The van der Waals surface area contributed by atoms with E-state index in [0.29, 0.717) is 0 Å². The van der Waals surface area contributed by atoms with E-state index in [2.05, 4.69) is 27.4 Å². The fourth-order valence-corrected chi connectivity index (χ4v) is 2.34. The first-order valence-corrected chi connectivity index (χ1v) is 6.57. The monoisotopic (exact) mass is 267 g/mol. The summed E-state index contributed by atoms with van der Waals surface area (Å²) in [5, 5.41) is 4.59. The summed E-state index contributed by atoms with van der Waals surface area (Å²) < 4.78 is 5.27. The third kappa shape index (κ3) is 2.32. The van der Waals surface area contributed by atoms with E-state index >= 15 is 0 Å². The van der Waals surface area contributed by atoms with Crippen LogP contribution in [0, 0.1) is 6.92 Å². The summed E-state index contributed by atoms with van der Waals surface area (Å²) in [5.74, 6) is 0.909. The average Bonchev–Trinajstić information content (AvgIpc) is 2.88. The third-order valence-electron chi connectivity index (χ3n) is 3.41. The Morgan fingerprint density at radius 3 is 3.00 bits per heavy atom. The molecule has 0 radical (unpaired) electrons. The largest absolute Gasteiger partial charge is 0.496 e. The van der Waals surface area contributed by atoms with Gasteiger partial charge in [0.05, 0.1) is 7.11 Å². The summed E-state index contributed by atoms with van der Waals surface area (Å²) in [6.45, 7) is 2.80. The fraction of sp³-hybridized carbons (Fsp3) is 0.188. The highest BCUT2D eigenvalue weighted by molar-refractivity contribution is 5.79. The van der Waals surface area contributed by atoms with Gasteiger partial charge < -0.3 is 15.0 Å². The van der Waals surface area contributed by atoms with Gasteiger partial charge in [0, 0.05) is 30.0 Å². The number of hydrogen-bond donors (Lipinski definition) is 2. The van der Waals surface area contributed by atoms with Gasteiger partial charge in [-0.05, 0) is 48.4 Å². The van der Waals surface area contributed by atoms with Crippen LogP contribution in [0.3, 0.4) is 0 Å². The minimum atomic E-state index is 0.761. The zero-order valence-electron chi connectivity index (χ0n) is 11.6. The number of aryl methyl sites for hydroxylation is 1. The lowest BCUT2D eigenvalue weighted by molar-refractivity contribution is 0.412. The highest BCUT2D eigenvalue weighted by Gasteiger charge is 2.04. The van der Waals surface area contributed by atoms with Gasteiger partial charge in [-0.25, -0.2) is 4.98 Å². The lowest BCUT2D eigenvalue weighted by atomic mass is 10.2. The molecule has 0 atom stereocenters. The highest BCUT2D eigenvalue weighted by Crippen LogP contribution is 2.22. The van der Waals surface area contributed by atoms with Crippen LogP contribution in [0.4, 0.5) is 5.69 Å². The highest BCUT2D eigenvalue weighted by atomic mass is 16.5. The first-order chi connectivity index (χ1) is 9.78. The predicted octanol–water partition coefficient (Wildman–Crippen LogP) is 3.49. The molecule has 1 aromatic carbocycles. The van der Waals surface area contributed by atoms with Crippen molar-refractivity contribution >= 4 is 16.7 Å². The molecule has 2 N–H and O–H groups in total. The van der Waals surface area contributed by atoms with Crippen LogP contribution in [0.2, 0.25) is 0 Å². The van der Waals surface area contributed by atoms with Crippen LogP contribution in [-0.4, -0.2) is 17.1 Å². The zero-order chi connectivity index (χ0) is 13.9. The number of benzene rings is 1. The summed E-state index contributed by atoms with van der Waals surface area (Å²) >= 11 is 0. The minimum Gasteiger partial charge on any atom is -0.496 e. The number of aromatic amines is 1. The third-order valence-corrected chi connectivity index (χ3v) is 3.41. The summed E-state index contributed by atoms with van der Waals surface area (Å²) in [7, 11) is 1.69. The van der Waals surface area contributed by atoms with E-state index < -0.39 is 0 Å². The molecule has 0 saturated heterocycles. The van der Waals surface area contributed by atoms with Gasteiger partial charge in [-0.2, -0.15) is 0 Å². The standard InChI is InChI=1S/C16H17N3O/c1-11-8-13(5-6-15(11)20-2)18-9-12-10-19-16-14(12)4-3-7-17-16/h3-8,10,18H,9H2,1-2H3,(H,17,19). The first kappa shape index (κ1) is 12.5. The lowest BCUT2D eigenvalue weighted by Crippen LogP contribution is -1.99. The number of pyridine rings is 1. The second kappa shape index (κ2) is 5.25. The van der Waals surface area contributed by atoms with Gasteiger partial charge in [-0.1, -0.05) is 0 Å². The fourth-order valence-electron chi connectivity index (χ4n) is 2.34. The van der Waals surface area contributed by atoms with E-state index in [1.54, 1.807) is 13.3 Å². The number of ether oxygens (including phenoxy) is 1. The van der Waals surface area contributed by atoms with Crippen LogP contribution in [0.5, 0.6) is 5.75 Å². The Kier molecular flexibility index (Phi) is 3.29. The summed E-state index contributed by atoms with van der Waals surface area (Å²) in [5.41, 5.74) is 4.34. The maximum atomic E-state index is 5.27. The van der Waals surface area contributed by atoms with Crippen LogP contribution < -0.4 is 10.1 Å². The Hall–Kier alpha value is -2.49. The second-order valence-corrected chi connectivity index (χ2v) is 4.75. The SMILES string of the molecule is COc1ccc(NCc2c[nH]c3ncccc23)cc1C. The van der Waals surface area contributed by atoms with Gasteiger partial charge in [0.25, 0.3) is 0 Å². The molecule has 0 aliphatic rings. The van der Waals surface area contributed by atoms with Crippen molar-refractivity contribution in [1.29, 1.82) is 0 Å². The van der Waals surface area contributed by atoms with Gasteiger partial charge in [-0.3, -0.25) is 0 Å². The maximum absolute atomic E-state index is 5.27. The van der Waals surface area contributed by atoms with Crippen molar-refractivity contribution < 1.29 is 4.74 Å². The topological polar surface area (TPSA) is 49.9 Å². The number of H-pyrrole nitrogens is 1. The van der Waals surface area contributed by atoms with Gasteiger partial charge in [0.1, 0.15) is 11.4 Å². The minimum absolute atomic E-state index is 0.761. The zero-order valence-corrected chi connectivity index (χ0v) is 11.6. The molecule has 3 aromatic rings. The Morgan fingerprint density at radius 2 is 2.20 bits per heavy atom. The van der Waals surface area contributed by atoms with Gasteiger partial charge >= 0.3 is 0 Å². The van der Waals surface area contributed by atoms with E-state index in [4.69, 9.17) is 4.74 Å². The number of methoxy groups -OCH3 is 1. The van der Waals surface area contributed by atoms with E-state index in [-0.39, 0.29) is 0 Å². The molecule has 0 bridgehead atoms. The van der Waals surface area contributed by atoms with Crippen LogP contribution in [0.15, 0.2) is 42.7 Å². The smallest absolute Gasteiger partial charge is 0.137 e. The normalized spacial score (nSPS) is 10.7. The molecule has 4 heteroatoms. The number of anilines is 1. The van der Waals surface area contributed by atoms with Crippen molar-refractivity contribution in [2.45, 2.75) is 13.5 Å². The average molecular weight is 267 g/mol. The quantitative estimate of drug-likeness (QED) is 0.760. The number of fused-ring (bicyclic) bond motifs is 1. The molecule has 3 rings (SSSR count). The molecule has 0 aliphatic carbocycles. The van der Waals surface area contributed by atoms with Gasteiger partial charge in [-0.15, -0.1) is 0 Å². The number of aromatic nitrogens is 2. The summed E-state index contributed by atoms with van der Waals surface area (Å²) in [6.07, 6.45) is 3.80. The van der Waals surface area contributed by atoms with Crippen LogP contribution >= 0.6 is 0 Å². The molecule has 2 aromatic heterocycles. The molecule has 0 amide bonds. The van der Waals surface area contributed by atoms with E-state index in [9.17, 15) is 0 Å². The van der Waals surface area contributed by atoms with Gasteiger partial charge in [0.2, 0.25) is 0 Å². The van der Waals surface area contributed by atoms with Crippen LogP contribution in [0.25, 0.3) is 11.0 Å². The number of rotatable bonds is 4. The predicted molar refractivity (Wildman–Crippen MR) is 81.2 cm³/mol. The molecule has 102 valence electrons. The van der Waals surface area contributed by atoms with Crippen molar-refractivity contribution in [3.63, 3.8) is 0 Å². The Labute approximate surface area is 117 Å². The molecule has 2 heterocycles. The molecule has 0 fully saturated rings. The molecule has 20 heavy (non-hydrogen) atoms. The van der Waals surface area contributed by atoms with Crippen LogP contribution in [0.1, 0.15) is 11.1 Å². The van der Waals surface area contributed by atoms with Crippen molar-refractivity contribution in [1.82, 2.24) is 9.97 Å². The lowest BCUT2D eigenvalue weighted by Gasteiger charge is -2.09. The van der Waals surface area contributed by atoms with E-state index in [1.807, 2.05) is 31.3 Å². The molecule has 0 unspecified atom stereocenters. The molecule has 0 spiro atoms. The van der Waals surface area contributed by atoms with Crippen molar-refractivity contribution in [3.8, 4) is 5.75 Å². The number of nitrogens with one attached hydrogen (secondary N) is 2.